The van der Waals surface area contributed by atoms with Crippen molar-refractivity contribution in [2.75, 3.05) is 32.2 Å². The SMILES string of the molecule is COCC1CCCN(C(=O)c2cc(Cl)ccc2NN)C1. The third kappa shape index (κ3) is 3.42. The maximum Gasteiger partial charge on any atom is 0.256 e. The van der Waals surface area contributed by atoms with Crippen molar-refractivity contribution in [2.45, 2.75) is 12.8 Å². The van der Waals surface area contributed by atoms with Gasteiger partial charge in [0.1, 0.15) is 0 Å². The van der Waals surface area contributed by atoms with E-state index in [1.807, 2.05) is 4.90 Å². The summed E-state index contributed by atoms with van der Waals surface area (Å²) >= 11 is 5.98. The van der Waals surface area contributed by atoms with Gasteiger partial charge in [0, 0.05) is 25.2 Å². The average molecular weight is 298 g/mol. The van der Waals surface area contributed by atoms with E-state index < -0.39 is 0 Å². The lowest BCUT2D eigenvalue weighted by molar-refractivity contribution is 0.0571. The lowest BCUT2D eigenvalue weighted by Gasteiger charge is -2.32. The molecule has 3 N–H and O–H groups in total. The van der Waals surface area contributed by atoms with Crippen LogP contribution in [-0.4, -0.2) is 37.6 Å². The summed E-state index contributed by atoms with van der Waals surface area (Å²) in [6.45, 7) is 2.15. The largest absolute Gasteiger partial charge is 0.384 e. The first kappa shape index (κ1) is 15.1. The van der Waals surface area contributed by atoms with Crippen molar-refractivity contribution < 1.29 is 9.53 Å². The molecule has 5 nitrogen and oxygen atoms in total. The second kappa shape index (κ2) is 6.92. The molecule has 6 heteroatoms. The number of hydrogen-bond acceptors (Lipinski definition) is 4. The Kier molecular flexibility index (Phi) is 5.23. The minimum Gasteiger partial charge on any atom is -0.384 e. The number of hydrogen-bond donors (Lipinski definition) is 2. The number of likely N-dealkylation sites (tertiary alicyclic amines) is 1. The molecule has 20 heavy (non-hydrogen) atoms. The zero-order chi connectivity index (χ0) is 14.5. The fraction of sp³-hybridized carbons (Fsp3) is 0.500. The molecule has 1 fully saturated rings. The predicted molar refractivity (Wildman–Crippen MR) is 79.8 cm³/mol. The number of nitrogens with zero attached hydrogens (tertiary/aromatic N) is 1. The van der Waals surface area contributed by atoms with E-state index in [0.717, 1.165) is 19.4 Å². The Hall–Kier alpha value is -1.30. The molecule has 1 atom stereocenters. The van der Waals surface area contributed by atoms with Gasteiger partial charge in [0.25, 0.3) is 5.91 Å². The first-order chi connectivity index (χ1) is 9.65. The molecule has 1 aromatic rings. The molecule has 0 aromatic heterocycles. The molecule has 0 saturated carbocycles. The number of benzene rings is 1. The molecule has 0 spiro atoms. The van der Waals surface area contributed by atoms with Gasteiger partial charge in [-0.15, -0.1) is 0 Å². The molecule has 1 aliphatic heterocycles. The molecule has 1 unspecified atom stereocenters. The standard InChI is InChI=1S/C14H20ClN3O2/c1-20-9-10-3-2-6-18(8-10)14(19)12-7-11(15)4-5-13(12)17-16/h4-5,7,10,17H,2-3,6,8-9,16H2,1H3. The molecule has 0 bridgehead atoms. The first-order valence-electron chi connectivity index (χ1n) is 6.70. The first-order valence-corrected chi connectivity index (χ1v) is 7.08. The van der Waals surface area contributed by atoms with Crippen molar-refractivity contribution in [3.63, 3.8) is 0 Å². The van der Waals surface area contributed by atoms with Gasteiger partial charge in [0.15, 0.2) is 0 Å². The molecule has 1 saturated heterocycles. The van der Waals surface area contributed by atoms with Crippen LogP contribution in [0.4, 0.5) is 5.69 Å². The highest BCUT2D eigenvalue weighted by molar-refractivity contribution is 6.31. The Morgan fingerprint density at radius 1 is 1.60 bits per heavy atom. The summed E-state index contributed by atoms with van der Waals surface area (Å²) < 4.78 is 5.19. The molecule has 0 aliphatic carbocycles. The molecule has 0 radical (unpaired) electrons. The molecule has 110 valence electrons. The monoisotopic (exact) mass is 297 g/mol. The molecule has 1 aliphatic rings. The number of anilines is 1. The Morgan fingerprint density at radius 3 is 3.10 bits per heavy atom. The summed E-state index contributed by atoms with van der Waals surface area (Å²) in [6.07, 6.45) is 2.08. The Bertz CT molecular complexity index is 479. The number of carbonyl (C=O) groups is 1. The smallest absolute Gasteiger partial charge is 0.256 e. The van der Waals surface area contributed by atoms with Crippen molar-refractivity contribution >= 4 is 23.2 Å². The summed E-state index contributed by atoms with van der Waals surface area (Å²) in [5.74, 6) is 5.81. The lowest BCUT2D eigenvalue weighted by Crippen LogP contribution is -2.41. The van der Waals surface area contributed by atoms with Crippen LogP contribution in [-0.2, 0) is 4.74 Å². The van der Waals surface area contributed by atoms with Gasteiger partial charge in [-0.05, 0) is 37.0 Å². The number of nitrogens with one attached hydrogen (secondary N) is 1. The second-order valence-electron chi connectivity index (χ2n) is 5.05. The minimum absolute atomic E-state index is 0.0405. The summed E-state index contributed by atoms with van der Waals surface area (Å²) in [4.78, 5) is 14.5. The van der Waals surface area contributed by atoms with E-state index in [2.05, 4.69) is 5.43 Å². The van der Waals surface area contributed by atoms with Crippen LogP contribution in [0.15, 0.2) is 18.2 Å². The van der Waals surface area contributed by atoms with Crippen LogP contribution < -0.4 is 11.3 Å². The van der Waals surface area contributed by atoms with Gasteiger partial charge in [-0.1, -0.05) is 11.6 Å². The zero-order valence-electron chi connectivity index (χ0n) is 11.6. The van der Waals surface area contributed by atoms with E-state index in [1.165, 1.54) is 0 Å². The zero-order valence-corrected chi connectivity index (χ0v) is 12.3. The maximum absolute atomic E-state index is 12.6. The topological polar surface area (TPSA) is 67.6 Å². The molecule has 1 heterocycles. The van der Waals surface area contributed by atoms with Gasteiger partial charge < -0.3 is 15.1 Å². The highest BCUT2D eigenvalue weighted by Crippen LogP contribution is 2.24. The third-order valence-corrected chi connectivity index (χ3v) is 3.81. The number of piperidine rings is 1. The van der Waals surface area contributed by atoms with E-state index in [9.17, 15) is 4.79 Å². The maximum atomic E-state index is 12.6. The van der Waals surface area contributed by atoms with Crippen molar-refractivity contribution in [2.24, 2.45) is 11.8 Å². The van der Waals surface area contributed by atoms with Gasteiger partial charge >= 0.3 is 0 Å². The molecular formula is C14H20ClN3O2. The quantitative estimate of drug-likeness (QED) is 0.660. The van der Waals surface area contributed by atoms with E-state index >= 15 is 0 Å². The second-order valence-corrected chi connectivity index (χ2v) is 5.49. The van der Waals surface area contributed by atoms with Crippen LogP contribution in [0.25, 0.3) is 0 Å². The van der Waals surface area contributed by atoms with Crippen LogP contribution in [0.3, 0.4) is 0 Å². The van der Waals surface area contributed by atoms with Crippen molar-refractivity contribution in [3.8, 4) is 0 Å². The minimum atomic E-state index is -0.0405. The number of halogens is 1. The number of methoxy groups -OCH3 is 1. The van der Waals surface area contributed by atoms with Crippen molar-refractivity contribution in [3.05, 3.63) is 28.8 Å². The highest BCUT2D eigenvalue weighted by atomic mass is 35.5. The van der Waals surface area contributed by atoms with Crippen LogP contribution in [0, 0.1) is 5.92 Å². The van der Waals surface area contributed by atoms with Crippen LogP contribution >= 0.6 is 11.6 Å². The molecule has 1 amide bonds. The van der Waals surface area contributed by atoms with Gasteiger partial charge in [-0.25, -0.2) is 0 Å². The summed E-state index contributed by atoms with van der Waals surface area (Å²) in [5, 5.41) is 0.526. The van der Waals surface area contributed by atoms with Gasteiger partial charge in [-0.2, -0.15) is 0 Å². The lowest BCUT2D eigenvalue weighted by atomic mass is 9.98. The number of nitrogen functional groups attached to an aromatic ring is 1. The van der Waals surface area contributed by atoms with Gasteiger partial charge in [0.05, 0.1) is 17.9 Å². The fourth-order valence-corrected chi connectivity index (χ4v) is 2.78. The number of hydrazine groups is 1. The Balaban J connectivity index is 2.16. The Labute approximate surface area is 124 Å². The summed E-state index contributed by atoms with van der Waals surface area (Å²) in [5.41, 5.74) is 3.65. The van der Waals surface area contributed by atoms with Crippen LogP contribution in [0.2, 0.25) is 5.02 Å². The van der Waals surface area contributed by atoms with Gasteiger partial charge in [0.2, 0.25) is 0 Å². The predicted octanol–water partition coefficient (Wildman–Crippen LogP) is 2.12. The van der Waals surface area contributed by atoms with Crippen LogP contribution in [0.5, 0.6) is 0 Å². The number of rotatable bonds is 4. The summed E-state index contributed by atoms with van der Waals surface area (Å²) in [6, 6.07) is 5.07. The normalized spacial score (nSPS) is 18.9. The van der Waals surface area contributed by atoms with E-state index in [4.69, 9.17) is 22.2 Å². The number of carbonyl (C=O) groups excluding carboxylic acids is 1. The average Bonchev–Trinajstić information content (AvgIpc) is 2.47. The summed E-state index contributed by atoms with van der Waals surface area (Å²) in [7, 11) is 1.69. The van der Waals surface area contributed by atoms with E-state index in [0.29, 0.717) is 35.3 Å². The molecular weight excluding hydrogens is 278 g/mol. The third-order valence-electron chi connectivity index (χ3n) is 3.58. The Morgan fingerprint density at radius 2 is 2.40 bits per heavy atom. The van der Waals surface area contributed by atoms with Crippen molar-refractivity contribution in [1.82, 2.24) is 4.90 Å². The highest BCUT2D eigenvalue weighted by Gasteiger charge is 2.25. The number of amides is 1. The number of nitrogens with two attached hydrogens (primary N) is 1. The fourth-order valence-electron chi connectivity index (χ4n) is 2.61. The van der Waals surface area contributed by atoms with Gasteiger partial charge in [-0.3, -0.25) is 10.6 Å². The van der Waals surface area contributed by atoms with E-state index in [-0.39, 0.29) is 5.91 Å². The number of ether oxygens (including phenoxy) is 1. The van der Waals surface area contributed by atoms with Crippen molar-refractivity contribution in [1.29, 1.82) is 0 Å². The van der Waals surface area contributed by atoms with Crippen LogP contribution in [0.1, 0.15) is 23.2 Å². The molecule has 2 rings (SSSR count). The van der Waals surface area contributed by atoms with E-state index in [1.54, 1.807) is 25.3 Å². The molecule has 1 aromatic carbocycles.